The molecule has 2 aromatic carbocycles. The number of rotatable bonds is 4. The molecule has 25 heavy (non-hydrogen) atoms. The van der Waals surface area contributed by atoms with Crippen LogP contribution in [0.4, 0.5) is 0 Å². The van der Waals surface area contributed by atoms with Gasteiger partial charge in [0.25, 0.3) is 0 Å². The molecule has 4 rings (SSSR count). The Morgan fingerprint density at radius 2 is 1.56 bits per heavy atom. The number of fused-ring (bicyclic) bond motifs is 2. The maximum absolute atomic E-state index is 5.48. The van der Waals surface area contributed by atoms with E-state index >= 15 is 0 Å². The van der Waals surface area contributed by atoms with Crippen molar-refractivity contribution in [1.29, 1.82) is 0 Å². The molecule has 7 nitrogen and oxygen atoms in total. The highest BCUT2D eigenvalue weighted by Gasteiger charge is 2.19. The Morgan fingerprint density at radius 3 is 2.20 bits per heavy atom. The lowest BCUT2D eigenvalue weighted by Gasteiger charge is -2.14. The fraction of sp³-hybridized carbons (Fsp3) is 0.222. The summed E-state index contributed by atoms with van der Waals surface area (Å²) in [4.78, 5) is 0. The van der Waals surface area contributed by atoms with Crippen molar-refractivity contribution in [3.8, 4) is 40.0 Å². The molecule has 0 amide bonds. The van der Waals surface area contributed by atoms with E-state index in [1.807, 2.05) is 24.3 Å². The molecule has 1 aliphatic rings. The standard InChI is InChI=1S/C18H16N2O5/c1-21-15-4-10(5-16(22-2)18(15)23-3)17-12-7-14-13(24-9-25-14)6-11(12)8-19-20-17/h4-8H,9H2,1-3H3. The van der Waals surface area contributed by atoms with Crippen LogP contribution in [0, 0.1) is 0 Å². The van der Waals surface area contributed by atoms with E-state index in [1.165, 1.54) is 0 Å². The van der Waals surface area contributed by atoms with Crippen LogP contribution in [0.15, 0.2) is 30.5 Å². The summed E-state index contributed by atoms with van der Waals surface area (Å²) >= 11 is 0. The summed E-state index contributed by atoms with van der Waals surface area (Å²) in [6, 6.07) is 7.49. The van der Waals surface area contributed by atoms with Gasteiger partial charge in [-0.2, -0.15) is 5.10 Å². The number of ether oxygens (including phenoxy) is 5. The summed E-state index contributed by atoms with van der Waals surface area (Å²) in [7, 11) is 4.72. The smallest absolute Gasteiger partial charge is 0.231 e. The van der Waals surface area contributed by atoms with E-state index in [0.29, 0.717) is 34.4 Å². The van der Waals surface area contributed by atoms with Crippen LogP contribution >= 0.6 is 0 Å². The average molecular weight is 340 g/mol. The molecule has 2 heterocycles. The Bertz CT molecular complexity index is 933. The van der Waals surface area contributed by atoms with Crippen molar-refractivity contribution in [3.63, 3.8) is 0 Å². The van der Waals surface area contributed by atoms with Crippen molar-refractivity contribution in [3.05, 3.63) is 30.5 Å². The molecule has 0 N–H and O–H groups in total. The van der Waals surface area contributed by atoms with Gasteiger partial charge in [-0.3, -0.25) is 0 Å². The number of aromatic nitrogens is 2. The molecule has 1 aliphatic heterocycles. The molecule has 0 radical (unpaired) electrons. The number of benzene rings is 2. The lowest BCUT2D eigenvalue weighted by molar-refractivity contribution is 0.174. The third kappa shape index (κ3) is 2.44. The van der Waals surface area contributed by atoms with Gasteiger partial charge in [-0.1, -0.05) is 0 Å². The molecule has 0 spiro atoms. The molecule has 0 saturated carbocycles. The van der Waals surface area contributed by atoms with Crippen LogP contribution in [0.25, 0.3) is 22.0 Å². The first kappa shape index (κ1) is 15.3. The lowest BCUT2D eigenvalue weighted by Crippen LogP contribution is -1.97. The molecule has 0 saturated heterocycles. The minimum absolute atomic E-state index is 0.214. The van der Waals surface area contributed by atoms with Gasteiger partial charge in [0.2, 0.25) is 12.5 Å². The van der Waals surface area contributed by atoms with Gasteiger partial charge in [-0.05, 0) is 24.3 Å². The second-order valence-electron chi connectivity index (χ2n) is 5.40. The highest BCUT2D eigenvalue weighted by atomic mass is 16.7. The van der Waals surface area contributed by atoms with Gasteiger partial charge >= 0.3 is 0 Å². The molecule has 128 valence electrons. The molecule has 0 aliphatic carbocycles. The van der Waals surface area contributed by atoms with Crippen LogP contribution in [0.3, 0.4) is 0 Å². The maximum Gasteiger partial charge on any atom is 0.231 e. The first-order valence-corrected chi connectivity index (χ1v) is 7.60. The molecule has 7 heteroatoms. The number of methoxy groups -OCH3 is 3. The van der Waals surface area contributed by atoms with Gasteiger partial charge in [0.05, 0.1) is 27.5 Å². The predicted octanol–water partition coefficient (Wildman–Crippen LogP) is 3.05. The average Bonchev–Trinajstić information content (AvgIpc) is 3.11. The van der Waals surface area contributed by atoms with Gasteiger partial charge < -0.3 is 23.7 Å². The summed E-state index contributed by atoms with van der Waals surface area (Å²) < 4.78 is 27.1. The van der Waals surface area contributed by atoms with E-state index in [9.17, 15) is 0 Å². The molecular formula is C18H16N2O5. The van der Waals surface area contributed by atoms with Crippen LogP contribution in [0.2, 0.25) is 0 Å². The fourth-order valence-electron chi connectivity index (χ4n) is 2.90. The monoisotopic (exact) mass is 340 g/mol. The second kappa shape index (κ2) is 6.01. The van der Waals surface area contributed by atoms with Crippen LogP contribution in [0.5, 0.6) is 28.7 Å². The fourth-order valence-corrected chi connectivity index (χ4v) is 2.90. The zero-order chi connectivity index (χ0) is 17.4. The maximum atomic E-state index is 5.48. The molecule has 1 aromatic heterocycles. The molecule has 0 bridgehead atoms. The van der Waals surface area contributed by atoms with Crippen molar-refractivity contribution in [2.45, 2.75) is 0 Å². The van der Waals surface area contributed by atoms with Gasteiger partial charge in [0.15, 0.2) is 23.0 Å². The zero-order valence-corrected chi connectivity index (χ0v) is 14.0. The third-order valence-corrected chi connectivity index (χ3v) is 4.09. The minimum Gasteiger partial charge on any atom is -0.493 e. The summed E-state index contributed by atoms with van der Waals surface area (Å²) in [5.74, 6) is 3.03. The number of hydrogen-bond acceptors (Lipinski definition) is 7. The van der Waals surface area contributed by atoms with Crippen LogP contribution in [0.1, 0.15) is 0 Å². The predicted molar refractivity (Wildman–Crippen MR) is 90.8 cm³/mol. The van der Waals surface area contributed by atoms with Crippen molar-refractivity contribution < 1.29 is 23.7 Å². The van der Waals surface area contributed by atoms with E-state index in [-0.39, 0.29) is 6.79 Å². The van der Waals surface area contributed by atoms with Gasteiger partial charge in [-0.25, -0.2) is 0 Å². The van der Waals surface area contributed by atoms with Gasteiger partial charge in [0, 0.05) is 16.3 Å². The Kier molecular flexibility index (Phi) is 3.68. The topological polar surface area (TPSA) is 71.9 Å². The van der Waals surface area contributed by atoms with Crippen molar-refractivity contribution in [1.82, 2.24) is 10.2 Å². The van der Waals surface area contributed by atoms with Crippen molar-refractivity contribution in [2.24, 2.45) is 0 Å². The van der Waals surface area contributed by atoms with E-state index in [0.717, 1.165) is 16.3 Å². The first-order valence-electron chi connectivity index (χ1n) is 7.60. The number of nitrogens with zero attached hydrogens (tertiary/aromatic N) is 2. The van der Waals surface area contributed by atoms with Crippen molar-refractivity contribution >= 4 is 10.8 Å². The zero-order valence-electron chi connectivity index (χ0n) is 14.0. The SMILES string of the molecule is COc1cc(-c2nncc3cc4c(cc23)OCO4)cc(OC)c1OC. The van der Waals surface area contributed by atoms with E-state index in [1.54, 1.807) is 27.5 Å². The van der Waals surface area contributed by atoms with Crippen LogP contribution < -0.4 is 23.7 Å². The third-order valence-electron chi connectivity index (χ3n) is 4.09. The summed E-state index contributed by atoms with van der Waals surface area (Å²) in [6.45, 7) is 0.214. The lowest BCUT2D eigenvalue weighted by atomic mass is 10.0. The Labute approximate surface area is 144 Å². The minimum atomic E-state index is 0.214. The highest BCUT2D eigenvalue weighted by molar-refractivity contribution is 5.96. The first-order chi connectivity index (χ1) is 12.2. The number of hydrogen-bond donors (Lipinski definition) is 0. The highest BCUT2D eigenvalue weighted by Crippen LogP contribution is 2.43. The quantitative estimate of drug-likeness (QED) is 0.723. The van der Waals surface area contributed by atoms with Crippen molar-refractivity contribution in [2.75, 3.05) is 28.1 Å². The molecule has 0 fully saturated rings. The van der Waals surface area contributed by atoms with Crippen LogP contribution in [-0.2, 0) is 0 Å². The largest absolute Gasteiger partial charge is 0.493 e. The summed E-state index contributed by atoms with van der Waals surface area (Å²) in [5, 5.41) is 10.2. The van der Waals surface area contributed by atoms with Crippen LogP contribution in [-0.4, -0.2) is 38.3 Å². The van der Waals surface area contributed by atoms with E-state index in [4.69, 9.17) is 23.7 Å². The Hall–Kier alpha value is -3.22. The van der Waals surface area contributed by atoms with Gasteiger partial charge in [-0.15, -0.1) is 5.10 Å². The second-order valence-corrected chi connectivity index (χ2v) is 5.40. The van der Waals surface area contributed by atoms with Gasteiger partial charge in [0.1, 0.15) is 5.69 Å². The molecule has 3 aromatic rings. The van der Waals surface area contributed by atoms with E-state index in [2.05, 4.69) is 10.2 Å². The molecule has 0 unspecified atom stereocenters. The van der Waals surface area contributed by atoms with E-state index < -0.39 is 0 Å². The summed E-state index contributed by atoms with van der Waals surface area (Å²) in [6.07, 6.45) is 1.69. The Balaban J connectivity index is 1.95. The Morgan fingerprint density at radius 1 is 0.880 bits per heavy atom. The normalized spacial score (nSPS) is 12.3. The molecular weight excluding hydrogens is 324 g/mol. The molecule has 0 atom stereocenters. The summed E-state index contributed by atoms with van der Waals surface area (Å²) in [5.41, 5.74) is 1.49.